The van der Waals surface area contributed by atoms with E-state index in [9.17, 15) is 18.4 Å². The Labute approximate surface area is 168 Å². The van der Waals surface area contributed by atoms with Crippen molar-refractivity contribution in [1.82, 2.24) is 9.88 Å². The maximum atomic E-state index is 14.3. The van der Waals surface area contributed by atoms with Crippen LogP contribution in [0.4, 0.5) is 8.78 Å². The van der Waals surface area contributed by atoms with Crippen LogP contribution in [0.15, 0.2) is 23.1 Å². The summed E-state index contributed by atoms with van der Waals surface area (Å²) in [6, 6.07) is 0.928. The second-order valence-electron chi connectivity index (χ2n) is 7.17. The van der Waals surface area contributed by atoms with Crippen molar-refractivity contribution in [2.24, 2.45) is 0 Å². The molecule has 1 aromatic heterocycles. The Hall–Kier alpha value is -2.54. The molecule has 5 nitrogen and oxygen atoms in total. The second kappa shape index (κ2) is 9.31. The zero-order valence-electron chi connectivity index (χ0n) is 16.8. The standard InChI is InChI=1S/C18H17F2NO3.C4H9N/c1-3-5-11-15(20)14(19)8-12-16(11)21(10-6-7-10)9-13(17(12)22)18(23)24-4-2;1-2-4-5-3-1/h3,5,8-10H,4,6-7H2,1-2H3;5H,1-4H2/b5-3-;. The monoisotopic (exact) mass is 404 g/mol. The predicted molar refractivity (Wildman–Crippen MR) is 109 cm³/mol. The molecule has 1 aromatic carbocycles. The Morgan fingerprint density at radius 3 is 2.52 bits per heavy atom. The first kappa shape index (κ1) is 21.2. The lowest BCUT2D eigenvalue weighted by Crippen LogP contribution is -2.21. The lowest BCUT2D eigenvalue weighted by Gasteiger charge is -2.15. The molecular formula is C22H26F2N2O3. The van der Waals surface area contributed by atoms with Crippen molar-refractivity contribution < 1.29 is 18.3 Å². The van der Waals surface area contributed by atoms with E-state index in [2.05, 4.69) is 5.32 Å². The van der Waals surface area contributed by atoms with Crippen molar-refractivity contribution in [3.8, 4) is 0 Å². The fourth-order valence-corrected chi connectivity index (χ4v) is 3.43. The molecule has 7 heteroatoms. The minimum absolute atomic E-state index is 0.0144. The van der Waals surface area contributed by atoms with Crippen molar-refractivity contribution in [3.63, 3.8) is 0 Å². The van der Waals surface area contributed by atoms with Gasteiger partial charge in [0.2, 0.25) is 5.43 Å². The van der Waals surface area contributed by atoms with Crippen LogP contribution in [-0.4, -0.2) is 30.2 Å². The van der Waals surface area contributed by atoms with Gasteiger partial charge in [-0.1, -0.05) is 12.2 Å². The summed E-state index contributed by atoms with van der Waals surface area (Å²) >= 11 is 0. The summed E-state index contributed by atoms with van der Waals surface area (Å²) in [5, 5.41) is 3.21. The highest BCUT2D eigenvalue weighted by atomic mass is 19.2. The van der Waals surface area contributed by atoms with Gasteiger partial charge in [0.05, 0.1) is 17.5 Å². The van der Waals surface area contributed by atoms with Crippen LogP contribution in [-0.2, 0) is 4.74 Å². The fraction of sp³-hybridized carbons (Fsp3) is 0.455. The fourth-order valence-electron chi connectivity index (χ4n) is 3.43. The number of hydrogen-bond donors (Lipinski definition) is 1. The van der Waals surface area contributed by atoms with Gasteiger partial charge in [0.15, 0.2) is 11.6 Å². The van der Waals surface area contributed by atoms with Crippen LogP contribution in [0.5, 0.6) is 0 Å². The zero-order valence-corrected chi connectivity index (χ0v) is 16.8. The van der Waals surface area contributed by atoms with E-state index in [0.717, 1.165) is 18.9 Å². The van der Waals surface area contributed by atoms with Crippen LogP contribution >= 0.6 is 0 Å². The highest BCUT2D eigenvalue weighted by molar-refractivity contribution is 5.96. The molecule has 0 radical (unpaired) electrons. The highest BCUT2D eigenvalue weighted by Gasteiger charge is 2.29. The van der Waals surface area contributed by atoms with Crippen molar-refractivity contribution in [2.45, 2.75) is 45.6 Å². The minimum atomic E-state index is -1.11. The molecule has 4 rings (SSSR count). The maximum Gasteiger partial charge on any atom is 0.343 e. The minimum Gasteiger partial charge on any atom is -0.462 e. The van der Waals surface area contributed by atoms with E-state index in [0.29, 0.717) is 5.52 Å². The number of nitrogens with one attached hydrogen (secondary N) is 1. The van der Waals surface area contributed by atoms with Crippen LogP contribution in [0.25, 0.3) is 17.0 Å². The third kappa shape index (κ3) is 4.56. The molecule has 0 atom stereocenters. The maximum absolute atomic E-state index is 14.3. The summed E-state index contributed by atoms with van der Waals surface area (Å²) in [6.45, 7) is 5.95. The van der Waals surface area contributed by atoms with Crippen LogP contribution < -0.4 is 10.7 Å². The first-order valence-corrected chi connectivity index (χ1v) is 10.1. The van der Waals surface area contributed by atoms with Crippen molar-refractivity contribution in [3.05, 3.63) is 51.3 Å². The number of nitrogens with zero attached hydrogens (tertiary/aromatic N) is 1. The lowest BCUT2D eigenvalue weighted by molar-refractivity contribution is 0.0524. The van der Waals surface area contributed by atoms with E-state index < -0.39 is 23.0 Å². The van der Waals surface area contributed by atoms with Gasteiger partial charge in [-0.2, -0.15) is 0 Å². The molecule has 0 amide bonds. The third-order valence-electron chi connectivity index (χ3n) is 4.97. The first-order valence-electron chi connectivity index (χ1n) is 10.1. The average Bonchev–Trinajstić information content (AvgIpc) is 3.36. The van der Waals surface area contributed by atoms with Crippen LogP contribution in [0.1, 0.15) is 61.5 Å². The van der Waals surface area contributed by atoms with Gasteiger partial charge < -0.3 is 14.6 Å². The second-order valence-corrected chi connectivity index (χ2v) is 7.17. The van der Waals surface area contributed by atoms with Gasteiger partial charge in [-0.15, -0.1) is 0 Å². The molecule has 0 bridgehead atoms. The Morgan fingerprint density at radius 2 is 2.00 bits per heavy atom. The van der Waals surface area contributed by atoms with Crippen molar-refractivity contribution in [1.29, 1.82) is 0 Å². The smallest absolute Gasteiger partial charge is 0.343 e. The summed E-state index contributed by atoms with van der Waals surface area (Å²) in [4.78, 5) is 24.7. The van der Waals surface area contributed by atoms with E-state index in [1.165, 1.54) is 38.2 Å². The van der Waals surface area contributed by atoms with Gasteiger partial charge in [-0.05, 0) is 58.7 Å². The van der Waals surface area contributed by atoms with Gasteiger partial charge in [0, 0.05) is 17.8 Å². The lowest BCUT2D eigenvalue weighted by atomic mass is 10.0. The SMILES string of the molecule is C/C=C\c1c(F)c(F)cc2c(=O)c(C(=O)OCC)cn(C3CC3)c12.C1CCNC1. The molecule has 156 valence electrons. The Morgan fingerprint density at radius 1 is 1.31 bits per heavy atom. The number of carbonyl (C=O) groups is 1. The number of benzene rings is 1. The first-order chi connectivity index (χ1) is 14.0. The topological polar surface area (TPSA) is 60.3 Å². The number of fused-ring (bicyclic) bond motifs is 1. The van der Waals surface area contributed by atoms with Crippen LogP contribution in [0.2, 0.25) is 0 Å². The van der Waals surface area contributed by atoms with Gasteiger partial charge >= 0.3 is 5.97 Å². The molecule has 1 saturated heterocycles. The Balaban J connectivity index is 0.000000419. The number of halogens is 2. The number of rotatable bonds is 4. The van der Waals surface area contributed by atoms with Crippen LogP contribution in [0.3, 0.4) is 0 Å². The summed E-state index contributed by atoms with van der Waals surface area (Å²) < 4.78 is 34.8. The molecule has 1 aliphatic carbocycles. The number of esters is 1. The molecule has 2 heterocycles. The normalized spacial score (nSPS) is 16.1. The summed E-state index contributed by atoms with van der Waals surface area (Å²) in [6.07, 6.45) is 8.91. The van der Waals surface area contributed by atoms with E-state index in [-0.39, 0.29) is 29.2 Å². The average molecular weight is 404 g/mol. The van der Waals surface area contributed by atoms with Crippen molar-refractivity contribution in [2.75, 3.05) is 19.7 Å². The van der Waals surface area contributed by atoms with E-state index in [1.807, 2.05) is 0 Å². The van der Waals surface area contributed by atoms with Gasteiger partial charge in [0.25, 0.3) is 0 Å². The molecule has 1 aliphatic heterocycles. The number of hydrogen-bond acceptors (Lipinski definition) is 4. The van der Waals surface area contributed by atoms with Gasteiger partial charge in [-0.25, -0.2) is 13.6 Å². The van der Waals surface area contributed by atoms with Crippen LogP contribution in [0, 0.1) is 11.6 Å². The van der Waals surface area contributed by atoms with E-state index in [1.54, 1.807) is 24.5 Å². The van der Waals surface area contributed by atoms with E-state index in [4.69, 9.17) is 4.74 Å². The van der Waals surface area contributed by atoms with Gasteiger partial charge in [-0.3, -0.25) is 4.79 Å². The molecule has 2 fully saturated rings. The molecule has 29 heavy (non-hydrogen) atoms. The van der Waals surface area contributed by atoms with Gasteiger partial charge in [0.1, 0.15) is 5.56 Å². The predicted octanol–water partition coefficient (Wildman–Crippen LogP) is 4.19. The molecule has 2 aliphatic rings. The molecule has 0 spiro atoms. The zero-order chi connectivity index (χ0) is 21.0. The van der Waals surface area contributed by atoms with Crippen molar-refractivity contribution >= 4 is 22.9 Å². The van der Waals surface area contributed by atoms with E-state index >= 15 is 0 Å². The number of aromatic nitrogens is 1. The Bertz CT molecular complexity index is 982. The molecule has 1 N–H and O–H groups in total. The molecule has 1 saturated carbocycles. The summed E-state index contributed by atoms with van der Waals surface area (Å²) in [5.74, 6) is -2.87. The number of carbonyl (C=O) groups excluding carboxylic acids is 1. The number of pyridine rings is 1. The third-order valence-corrected chi connectivity index (χ3v) is 4.97. The number of ether oxygens (including phenoxy) is 1. The molecular weight excluding hydrogens is 378 g/mol. The quantitative estimate of drug-likeness (QED) is 0.776. The summed E-state index contributed by atoms with van der Waals surface area (Å²) in [5.41, 5.74) is -0.474. The number of allylic oxidation sites excluding steroid dienone is 1. The highest BCUT2D eigenvalue weighted by Crippen LogP contribution is 2.38. The largest absolute Gasteiger partial charge is 0.462 e. The molecule has 2 aromatic rings. The molecule has 0 unspecified atom stereocenters. The Kier molecular flexibility index (Phi) is 6.79. The summed E-state index contributed by atoms with van der Waals surface area (Å²) in [7, 11) is 0.